The zero-order chi connectivity index (χ0) is 23.8. The predicted octanol–water partition coefficient (Wildman–Crippen LogP) is 3.52. The highest BCUT2D eigenvalue weighted by Gasteiger charge is 2.32. The number of aromatic nitrogens is 1. The highest BCUT2D eigenvalue weighted by Crippen LogP contribution is 2.38. The molecule has 0 saturated carbocycles. The average molecular weight is 490 g/mol. The Balaban J connectivity index is 1.75. The number of methoxy groups -OCH3 is 1. The van der Waals surface area contributed by atoms with E-state index in [1.165, 1.54) is 6.26 Å². The summed E-state index contributed by atoms with van der Waals surface area (Å²) in [4.78, 5) is 20.8. The number of piperazine rings is 1. The maximum absolute atomic E-state index is 12.2. The van der Waals surface area contributed by atoms with Gasteiger partial charge < -0.3 is 19.3 Å². The van der Waals surface area contributed by atoms with Crippen LogP contribution in [0.4, 0.5) is 5.13 Å². The largest absolute Gasteiger partial charge is 0.494 e. The van der Waals surface area contributed by atoms with Gasteiger partial charge in [-0.25, -0.2) is 13.4 Å². The molecular weight excluding hydrogens is 462 g/mol. The van der Waals surface area contributed by atoms with Crippen molar-refractivity contribution in [2.24, 2.45) is 0 Å². The summed E-state index contributed by atoms with van der Waals surface area (Å²) in [6.45, 7) is 5.37. The number of carbonyl (C=O) groups excluding carboxylic acids is 1. The lowest BCUT2D eigenvalue weighted by atomic mass is 10.0. The van der Waals surface area contributed by atoms with Crippen LogP contribution in [0.25, 0.3) is 10.2 Å². The summed E-state index contributed by atoms with van der Waals surface area (Å²) in [6, 6.07) is 10.3. The summed E-state index contributed by atoms with van der Waals surface area (Å²) in [5, 5.41) is 0.829. The fourth-order valence-corrected chi connectivity index (χ4v) is 5.64. The number of nitrogens with zero attached hydrogens (tertiary/aromatic N) is 3. The number of sulfone groups is 1. The molecule has 8 nitrogen and oxygen atoms in total. The van der Waals surface area contributed by atoms with Gasteiger partial charge in [-0.1, -0.05) is 17.4 Å². The first kappa shape index (κ1) is 23.3. The molecule has 0 radical (unpaired) electrons. The van der Waals surface area contributed by atoms with Gasteiger partial charge >= 0.3 is 0 Å². The van der Waals surface area contributed by atoms with Crippen molar-refractivity contribution in [1.82, 2.24) is 9.88 Å². The molecule has 33 heavy (non-hydrogen) atoms. The second-order valence-electron chi connectivity index (χ2n) is 8.25. The highest BCUT2D eigenvalue weighted by molar-refractivity contribution is 7.90. The third-order valence-corrected chi connectivity index (χ3v) is 7.74. The van der Waals surface area contributed by atoms with Crippen molar-refractivity contribution in [2.45, 2.75) is 30.9 Å². The van der Waals surface area contributed by atoms with Gasteiger partial charge in [0.05, 0.1) is 28.9 Å². The molecule has 1 atom stereocenters. The van der Waals surface area contributed by atoms with Gasteiger partial charge in [-0.15, -0.1) is 0 Å². The summed E-state index contributed by atoms with van der Waals surface area (Å²) >= 11 is 1.56. The quantitative estimate of drug-likeness (QED) is 0.469. The Hall–Kier alpha value is -2.85. The number of carbonyl (C=O) groups is 1. The topological polar surface area (TPSA) is 89.0 Å². The lowest BCUT2D eigenvalue weighted by Gasteiger charge is -2.40. The van der Waals surface area contributed by atoms with Crippen LogP contribution in [0.3, 0.4) is 0 Å². The number of para-hydroxylation sites is 1. The molecular formula is C23H27N3O5S2. The Morgan fingerprint density at radius 2 is 1.97 bits per heavy atom. The molecule has 1 amide bonds. The summed E-state index contributed by atoms with van der Waals surface area (Å²) in [7, 11) is -1.80. The first-order valence-electron chi connectivity index (χ1n) is 10.6. The van der Waals surface area contributed by atoms with E-state index in [2.05, 4.69) is 4.90 Å². The number of hydrogen-bond donors (Lipinski definition) is 0. The van der Waals surface area contributed by atoms with E-state index in [1.807, 2.05) is 32.0 Å². The van der Waals surface area contributed by atoms with E-state index < -0.39 is 9.84 Å². The van der Waals surface area contributed by atoms with E-state index in [4.69, 9.17) is 14.5 Å². The van der Waals surface area contributed by atoms with Crippen LogP contribution in [-0.2, 0) is 14.6 Å². The Bertz CT molecular complexity index is 1270. The number of anilines is 1. The van der Waals surface area contributed by atoms with Gasteiger partial charge in [0.15, 0.2) is 15.0 Å². The molecule has 1 unspecified atom stereocenters. The van der Waals surface area contributed by atoms with Crippen molar-refractivity contribution < 1.29 is 22.7 Å². The van der Waals surface area contributed by atoms with Crippen LogP contribution in [0.15, 0.2) is 41.3 Å². The molecule has 1 fully saturated rings. The van der Waals surface area contributed by atoms with Crippen molar-refractivity contribution in [2.75, 3.05) is 37.9 Å². The molecule has 4 rings (SSSR count). The molecule has 0 spiro atoms. The van der Waals surface area contributed by atoms with Gasteiger partial charge in [0.25, 0.3) is 0 Å². The van der Waals surface area contributed by atoms with Crippen molar-refractivity contribution >= 4 is 42.9 Å². The smallest absolute Gasteiger partial charge is 0.210 e. The molecule has 0 aliphatic carbocycles. The van der Waals surface area contributed by atoms with Gasteiger partial charge in [0.1, 0.15) is 17.0 Å². The minimum absolute atomic E-state index is 0.103. The number of benzene rings is 2. The molecule has 1 aliphatic heterocycles. The standard InChI is InChI=1S/C23H27N3O5S2/c1-15(2)31-19-9-8-16(33(4,28)29)12-17(19)18-13-25(10-11-26(18)14-27)23-24-22-20(30-3)6-5-7-21(22)32-23/h5-9,12,14-15,18H,10-11,13H2,1-4H3. The predicted molar refractivity (Wildman–Crippen MR) is 129 cm³/mol. The molecule has 1 aliphatic rings. The molecule has 0 N–H and O–H groups in total. The zero-order valence-electron chi connectivity index (χ0n) is 19.0. The average Bonchev–Trinajstić information content (AvgIpc) is 3.22. The lowest BCUT2D eigenvalue weighted by Crippen LogP contribution is -2.48. The molecule has 2 aromatic carbocycles. The Kier molecular flexibility index (Phi) is 6.49. The number of rotatable bonds is 7. The number of amides is 1. The van der Waals surface area contributed by atoms with Gasteiger partial charge in [-0.2, -0.15) is 0 Å². The van der Waals surface area contributed by atoms with Gasteiger partial charge in [-0.3, -0.25) is 4.79 Å². The first-order valence-corrected chi connectivity index (χ1v) is 13.3. The van der Waals surface area contributed by atoms with E-state index in [-0.39, 0.29) is 17.0 Å². The normalized spacial score (nSPS) is 16.9. The molecule has 1 saturated heterocycles. The Morgan fingerprint density at radius 1 is 1.18 bits per heavy atom. The maximum Gasteiger partial charge on any atom is 0.210 e. The van der Waals surface area contributed by atoms with Crippen LogP contribution >= 0.6 is 11.3 Å². The minimum atomic E-state index is -3.42. The molecule has 10 heteroatoms. The molecule has 3 aromatic rings. The monoisotopic (exact) mass is 489 g/mol. The van der Waals surface area contributed by atoms with E-state index in [0.717, 1.165) is 21.8 Å². The zero-order valence-corrected chi connectivity index (χ0v) is 20.6. The fourth-order valence-electron chi connectivity index (χ4n) is 3.96. The summed E-state index contributed by atoms with van der Waals surface area (Å²) in [5.41, 5.74) is 1.47. The second-order valence-corrected chi connectivity index (χ2v) is 11.3. The number of thiazole rings is 1. The van der Waals surface area contributed by atoms with Gasteiger partial charge in [0, 0.05) is 31.5 Å². The van der Waals surface area contributed by atoms with E-state index in [1.54, 1.807) is 41.5 Å². The van der Waals surface area contributed by atoms with E-state index in [9.17, 15) is 13.2 Å². The van der Waals surface area contributed by atoms with E-state index in [0.29, 0.717) is 36.7 Å². The van der Waals surface area contributed by atoms with E-state index >= 15 is 0 Å². The van der Waals surface area contributed by atoms with Crippen molar-refractivity contribution in [1.29, 1.82) is 0 Å². The number of hydrogen-bond acceptors (Lipinski definition) is 8. The fraction of sp³-hybridized carbons (Fsp3) is 0.391. The Morgan fingerprint density at radius 3 is 2.64 bits per heavy atom. The molecule has 0 bridgehead atoms. The third kappa shape index (κ3) is 4.77. The summed E-state index contributed by atoms with van der Waals surface area (Å²) < 4.78 is 36.9. The van der Waals surface area contributed by atoms with Crippen LogP contribution in [-0.4, -0.2) is 63.8 Å². The summed E-state index contributed by atoms with van der Waals surface area (Å²) in [6.07, 6.45) is 1.89. The first-order chi connectivity index (χ1) is 15.7. The van der Waals surface area contributed by atoms with Crippen LogP contribution in [0.2, 0.25) is 0 Å². The second kappa shape index (κ2) is 9.18. The SMILES string of the molecule is COc1cccc2sc(N3CCN(C=O)C(c4cc(S(C)(=O)=O)ccc4OC(C)C)C3)nc12. The maximum atomic E-state index is 12.2. The van der Waals surface area contributed by atoms with Crippen LogP contribution < -0.4 is 14.4 Å². The molecule has 2 heterocycles. The van der Waals surface area contributed by atoms with Crippen LogP contribution in [0, 0.1) is 0 Å². The molecule has 176 valence electrons. The van der Waals surface area contributed by atoms with Gasteiger partial charge in [0.2, 0.25) is 6.41 Å². The van der Waals surface area contributed by atoms with Crippen LogP contribution in [0.1, 0.15) is 25.5 Å². The van der Waals surface area contributed by atoms with Gasteiger partial charge in [-0.05, 0) is 44.2 Å². The van der Waals surface area contributed by atoms with Crippen molar-refractivity contribution in [3.8, 4) is 11.5 Å². The van der Waals surface area contributed by atoms with Crippen molar-refractivity contribution in [3.63, 3.8) is 0 Å². The number of fused-ring (bicyclic) bond motifs is 1. The van der Waals surface area contributed by atoms with Crippen molar-refractivity contribution in [3.05, 3.63) is 42.0 Å². The lowest BCUT2D eigenvalue weighted by molar-refractivity contribution is -0.120. The minimum Gasteiger partial charge on any atom is -0.494 e. The third-order valence-electron chi connectivity index (χ3n) is 5.55. The number of ether oxygens (including phenoxy) is 2. The Labute approximate surface area is 197 Å². The highest BCUT2D eigenvalue weighted by atomic mass is 32.2. The molecule has 1 aromatic heterocycles. The summed E-state index contributed by atoms with van der Waals surface area (Å²) in [5.74, 6) is 1.29. The van der Waals surface area contributed by atoms with Crippen LogP contribution in [0.5, 0.6) is 11.5 Å².